The van der Waals surface area contributed by atoms with E-state index in [2.05, 4.69) is 31.9 Å². The van der Waals surface area contributed by atoms with Crippen LogP contribution in [0.15, 0.2) is 14.3 Å². The fourth-order valence-electron chi connectivity index (χ4n) is 1.43. The summed E-state index contributed by atoms with van der Waals surface area (Å²) in [6, 6.07) is 0.805. The van der Waals surface area contributed by atoms with Crippen LogP contribution in [-0.4, -0.2) is 28.9 Å². The third kappa shape index (κ3) is 3.53. The van der Waals surface area contributed by atoms with E-state index in [-0.39, 0.29) is 0 Å². The first kappa shape index (κ1) is 14.7. The van der Waals surface area contributed by atoms with Crippen molar-refractivity contribution in [1.29, 1.82) is 0 Å². The van der Waals surface area contributed by atoms with Gasteiger partial charge in [0.15, 0.2) is 6.04 Å². The van der Waals surface area contributed by atoms with Crippen LogP contribution in [0.25, 0.3) is 0 Å². The Morgan fingerprint density at radius 1 is 1.65 bits per heavy atom. The molecule has 1 N–H and O–H groups in total. The van der Waals surface area contributed by atoms with E-state index < -0.39 is 12.0 Å². The first-order chi connectivity index (χ1) is 8.01. The van der Waals surface area contributed by atoms with Gasteiger partial charge in [0.05, 0.1) is 3.79 Å². The average Bonchev–Trinajstić information content (AvgIpc) is 2.57. The molecule has 1 heterocycles. The third-order valence-corrected chi connectivity index (χ3v) is 5.43. The maximum Gasteiger partial charge on any atom is 0.331 e. The highest BCUT2D eigenvalue weighted by atomic mass is 79.9. The molecule has 0 aromatic carbocycles. The molecule has 0 fully saturated rings. The van der Waals surface area contributed by atoms with E-state index in [1.807, 2.05) is 6.92 Å². The van der Waals surface area contributed by atoms with Gasteiger partial charge in [0, 0.05) is 15.9 Å². The number of amides is 1. The van der Waals surface area contributed by atoms with Gasteiger partial charge in [-0.2, -0.15) is 0 Å². The van der Waals surface area contributed by atoms with E-state index in [1.165, 1.54) is 16.2 Å². The summed E-state index contributed by atoms with van der Waals surface area (Å²) < 4.78 is 1.62. The average molecular weight is 385 g/mol. The van der Waals surface area contributed by atoms with Crippen LogP contribution in [0.3, 0.4) is 0 Å². The van der Waals surface area contributed by atoms with Crippen molar-refractivity contribution >= 4 is 55.6 Å². The standard InChI is InChI=1S/C10H11Br2NO3S/c1-2-3-13(5-14)8(10(15)16)7-4-6(11)9(12)17-7/h4-5,8H,2-3H2,1H3,(H,15,16). The normalized spacial score (nSPS) is 12.2. The second-order valence-electron chi connectivity index (χ2n) is 3.35. The SMILES string of the molecule is CCCN(C=O)C(C(=O)O)c1cc(Br)c(Br)s1. The molecule has 94 valence electrons. The van der Waals surface area contributed by atoms with Gasteiger partial charge < -0.3 is 10.0 Å². The quantitative estimate of drug-likeness (QED) is 0.765. The Morgan fingerprint density at radius 3 is 2.65 bits per heavy atom. The molecule has 0 aliphatic rings. The van der Waals surface area contributed by atoms with Gasteiger partial charge in [0.2, 0.25) is 6.41 Å². The van der Waals surface area contributed by atoms with Crippen LogP contribution in [0.4, 0.5) is 0 Å². The summed E-state index contributed by atoms with van der Waals surface area (Å²) in [7, 11) is 0. The predicted octanol–water partition coefficient (Wildman–Crippen LogP) is 3.27. The number of hydrogen-bond donors (Lipinski definition) is 1. The molecular formula is C10H11Br2NO3S. The molecule has 0 radical (unpaired) electrons. The maximum atomic E-state index is 11.3. The zero-order valence-electron chi connectivity index (χ0n) is 9.02. The fraction of sp³-hybridized carbons (Fsp3) is 0.400. The highest BCUT2D eigenvalue weighted by Gasteiger charge is 2.28. The van der Waals surface area contributed by atoms with Crippen molar-refractivity contribution in [3.8, 4) is 0 Å². The van der Waals surface area contributed by atoms with E-state index in [0.717, 1.165) is 14.7 Å². The number of aliphatic carboxylic acids is 1. The molecule has 0 aliphatic heterocycles. The molecule has 0 bridgehead atoms. The van der Waals surface area contributed by atoms with Gasteiger partial charge >= 0.3 is 5.97 Å². The molecule has 0 aliphatic carbocycles. The van der Waals surface area contributed by atoms with Gasteiger partial charge in [0.25, 0.3) is 0 Å². The molecule has 1 unspecified atom stereocenters. The minimum atomic E-state index is -1.02. The van der Waals surface area contributed by atoms with E-state index in [1.54, 1.807) is 6.07 Å². The van der Waals surface area contributed by atoms with Gasteiger partial charge in [-0.1, -0.05) is 6.92 Å². The Bertz CT molecular complexity index is 402. The summed E-state index contributed by atoms with van der Waals surface area (Å²) in [4.78, 5) is 24.1. The molecule has 4 nitrogen and oxygen atoms in total. The van der Waals surface area contributed by atoms with Gasteiger partial charge in [-0.25, -0.2) is 4.79 Å². The zero-order valence-corrected chi connectivity index (χ0v) is 13.0. The van der Waals surface area contributed by atoms with Crippen LogP contribution in [0.2, 0.25) is 0 Å². The summed E-state index contributed by atoms with van der Waals surface area (Å²) in [5.41, 5.74) is 0. The molecule has 0 spiro atoms. The first-order valence-corrected chi connectivity index (χ1v) is 7.30. The number of carboxylic acids is 1. The molecule has 1 aromatic heterocycles. The number of nitrogens with zero attached hydrogens (tertiary/aromatic N) is 1. The van der Waals surface area contributed by atoms with Crippen molar-refractivity contribution < 1.29 is 14.7 Å². The topological polar surface area (TPSA) is 57.6 Å². The lowest BCUT2D eigenvalue weighted by Crippen LogP contribution is -2.33. The highest BCUT2D eigenvalue weighted by molar-refractivity contribution is 9.13. The van der Waals surface area contributed by atoms with Crippen molar-refractivity contribution in [2.24, 2.45) is 0 Å². The number of rotatable bonds is 6. The molecule has 1 rings (SSSR count). The first-order valence-electron chi connectivity index (χ1n) is 4.89. The Kier molecular flexibility index (Phi) is 5.61. The Labute approximate surface area is 120 Å². The number of carbonyl (C=O) groups excluding carboxylic acids is 1. The smallest absolute Gasteiger partial charge is 0.331 e. The molecular weight excluding hydrogens is 374 g/mol. The van der Waals surface area contributed by atoms with Crippen LogP contribution in [-0.2, 0) is 9.59 Å². The summed E-state index contributed by atoms with van der Waals surface area (Å²) in [5.74, 6) is -1.02. The molecule has 1 amide bonds. The molecule has 1 aromatic rings. The van der Waals surface area contributed by atoms with Crippen molar-refractivity contribution in [3.05, 3.63) is 19.2 Å². The maximum absolute atomic E-state index is 11.3. The van der Waals surface area contributed by atoms with Crippen LogP contribution >= 0.6 is 43.2 Å². The number of carbonyl (C=O) groups is 2. The Balaban J connectivity index is 3.07. The molecule has 7 heteroatoms. The Hall–Kier alpha value is -0.400. The predicted molar refractivity (Wildman–Crippen MR) is 73.2 cm³/mol. The van der Waals surface area contributed by atoms with Crippen LogP contribution in [0, 0.1) is 0 Å². The lowest BCUT2D eigenvalue weighted by Gasteiger charge is -2.23. The number of hydrogen-bond acceptors (Lipinski definition) is 3. The van der Waals surface area contributed by atoms with E-state index >= 15 is 0 Å². The summed E-state index contributed by atoms with van der Waals surface area (Å²) in [6.07, 6.45) is 1.31. The molecule has 17 heavy (non-hydrogen) atoms. The van der Waals surface area contributed by atoms with Crippen LogP contribution in [0.5, 0.6) is 0 Å². The van der Waals surface area contributed by atoms with E-state index in [9.17, 15) is 14.7 Å². The van der Waals surface area contributed by atoms with Gasteiger partial charge in [0.1, 0.15) is 0 Å². The van der Waals surface area contributed by atoms with Crippen molar-refractivity contribution in [2.75, 3.05) is 6.54 Å². The van der Waals surface area contributed by atoms with Crippen molar-refractivity contribution in [1.82, 2.24) is 4.90 Å². The highest BCUT2D eigenvalue weighted by Crippen LogP contribution is 2.37. The second kappa shape index (κ2) is 6.51. The summed E-state index contributed by atoms with van der Waals surface area (Å²) in [6.45, 7) is 2.32. The lowest BCUT2D eigenvalue weighted by molar-refractivity contribution is -0.146. The van der Waals surface area contributed by atoms with Crippen molar-refractivity contribution in [2.45, 2.75) is 19.4 Å². The molecule has 1 atom stereocenters. The minimum Gasteiger partial charge on any atom is -0.479 e. The summed E-state index contributed by atoms with van der Waals surface area (Å²) >= 11 is 7.93. The van der Waals surface area contributed by atoms with Crippen LogP contribution < -0.4 is 0 Å². The lowest BCUT2D eigenvalue weighted by atomic mass is 10.2. The number of carboxylic acid groups (broad SMARTS) is 1. The minimum absolute atomic E-state index is 0.424. The fourth-order valence-corrected chi connectivity index (χ4v) is 3.63. The number of thiophene rings is 1. The third-order valence-electron chi connectivity index (χ3n) is 2.12. The zero-order chi connectivity index (χ0) is 13.0. The van der Waals surface area contributed by atoms with E-state index in [0.29, 0.717) is 17.8 Å². The molecule has 0 saturated heterocycles. The van der Waals surface area contributed by atoms with Gasteiger partial charge in [-0.15, -0.1) is 11.3 Å². The number of halogens is 2. The van der Waals surface area contributed by atoms with Crippen LogP contribution in [0.1, 0.15) is 24.3 Å². The summed E-state index contributed by atoms with van der Waals surface area (Å²) in [5, 5.41) is 9.23. The monoisotopic (exact) mass is 383 g/mol. The second-order valence-corrected chi connectivity index (χ2v) is 6.61. The van der Waals surface area contributed by atoms with Gasteiger partial charge in [-0.05, 0) is 44.3 Å². The largest absolute Gasteiger partial charge is 0.479 e. The molecule has 0 saturated carbocycles. The van der Waals surface area contributed by atoms with Crippen molar-refractivity contribution in [3.63, 3.8) is 0 Å². The Morgan fingerprint density at radius 2 is 2.29 bits per heavy atom. The van der Waals surface area contributed by atoms with Gasteiger partial charge in [-0.3, -0.25) is 4.79 Å². The van der Waals surface area contributed by atoms with E-state index in [4.69, 9.17) is 0 Å².